The van der Waals surface area contributed by atoms with Crippen molar-refractivity contribution in [2.45, 2.75) is 88.1 Å². The van der Waals surface area contributed by atoms with Gasteiger partial charge >= 0.3 is 17.9 Å². The third kappa shape index (κ3) is 13.9. The van der Waals surface area contributed by atoms with Crippen LogP contribution in [0.2, 0.25) is 0 Å². The summed E-state index contributed by atoms with van der Waals surface area (Å²) in [6.07, 6.45) is -10.3. The van der Waals surface area contributed by atoms with Crippen LogP contribution >= 0.6 is 0 Å². The molecule has 374 valence electrons. The molecule has 72 heavy (non-hydrogen) atoms. The number of methoxy groups -OCH3 is 1. The highest BCUT2D eigenvalue weighted by atomic mass is 16.7. The lowest BCUT2D eigenvalue weighted by atomic mass is 9.95. The van der Waals surface area contributed by atoms with Crippen molar-refractivity contribution in [1.82, 2.24) is 5.32 Å². The van der Waals surface area contributed by atoms with Crippen LogP contribution < -0.4 is 5.32 Å². The van der Waals surface area contributed by atoms with Crippen LogP contribution in [-0.4, -0.2) is 105 Å². The minimum absolute atomic E-state index is 0.148. The van der Waals surface area contributed by atoms with Gasteiger partial charge in [-0.25, -0.2) is 14.4 Å². The van der Waals surface area contributed by atoms with E-state index in [0.717, 1.165) is 16.7 Å². The second-order valence-electron chi connectivity index (χ2n) is 17.1. The van der Waals surface area contributed by atoms with Crippen molar-refractivity contribution >= 4 is 23.8 Å². The fourth-order valence-electron chi connectivity index (χ4n) is 8.46. The van der Waals surface area contributed by atoms with Crippen LogP contribution in [0.3, 0.4) is 0 Å². The summed E-state index contributed by atoms with van der Waals surface area (Å²) >= 11 is 0. The van der Waals surface area contributed by atoms with E-state index in [-0.39, 0.29) is 43.1 Å². The van der Waals surface area contributed by atoms with Crippen molar-refractivity contribution in [2.75, 3.05) is 20.3 Å². The van der Waals surface area contributed by atoms with Crippen LogP contribution in [0.1, 0.15) is 54.7 Å². The van der Waals surface area contributed by atoms with Crippen molar-refractivity contribution < 1.29 is 66.5 Å². The van der Waals surface area contributed by atoms with Gasteiger partial charge in [-0.15, -0.1) is 0 Å². The fourth-order valence-corrected chi connectivity index (χ4v) is 8.46. The molecule has 6 aromatic carbocycles. The van der Waals surface area contributed by atoms with E-state index in [2.05, 4.69) is 5.32 Å². The van der Waals surface area contributed by atoms with Crippen LogP contribution in [0.25, 0.3) is 0 Å². The summed E-state index contributed by atoms with van der Waals surface area (Å²) in [4.78, 5) is 54.7. The fraction of sp³-hybridized carbons (Fsp3) is 0.298. The topological polar surface area (TPSA) is 173 Å². The van der Waals surface area contributed by atoms with Gasteiger partial charge in [-0.05, 0) is 53.1 Å². The van der Waals surface area contributed by atoms with Gasteiger partial charge in [0.05, 0.1) is 43.1 Å². The first kappa shape index (κ1) is 51.3. The van der Waals surface area contributed by atoms with Gasteiger partial charge in [0.2, 0.25) is 5.91 Å². The largest absolute Gasteiger partial charge is 0.459 e. The van der Waals surface area contributed by atoms with Crippen molar-refractivity contribution in [1.29, 1.82) is 0 Å². The van der Waals surface area contributed by atoms with Gasteiger partial charge in [0.15, 0.2) is 24.8 Å². The average Bonchev–Trinajstić information content (AvgIpc) is 3.42. The van der Waals surface area contributed by atoms with Gasteiger partial charge < -0.3 is 52.7 Å². The number of hydrogen-bond acceptors (Lipinski definition) is 14. The maximum Gasteiger partial charge on any atom is 0.338 e. The van der Waals surface area contributed by atoms with Crippen LogP contribution in [0.4, 0.5) is 0 Å². The summed E-state index contributed by atoms with van der Waals surface area (Å²) in [6, 6.07) is 52.3. The predicted octanol–water partition coefficient (Wildman–Crippen LogP) is 7.67. The first-order chi connectivity index (χ1) is 35.2. The Morgan fingerprint density at radius 2 is 0.819 bits per heavy atom. The minimum atomic E-state index is -1.49. The summed E-state index contributed by atoms with van der Waals surface area (Å²) in [5.41, 5.74) is 3.30. The number of nitrogens with one attached hydrogen (secondary N) is 1. The molecule has 2 saturated heterocycles. The van der Waals surface area contributed by atoms with E-state index >= 15 is 0 Å². The average molecular weight is 980 g/mol. The Balaban J connectivity index is 1.14. The van der Waals surface area contributed by atoms with Gasteiger partial charge in [0, 0.05) is 14.0 Å². The Morgan fingerprint density at radius 1 is 0.431 bits per heavy atom. The number of carbonyl (C=O) groups excluding carboxylic acids is 4. The highest BCUT2D eigenvalue weighted by molar-refractivity contribution is 5.91. The molecule has 0 aromatic heterocycles. The van der Waals surface area contributed by atoms with Crippen LogP contribution in [0.5, 0.6) is 0 Å². The third-order valence-corrected chi connectivity index (χ3v) is 12.0. The summed E-state index contributed by atoms with van der Waals surface area (Å²) in [6.45, 7) is 1.02. The zero-order chi connectivity index (χ0) is 50.1. The Bertz CT molecular complexity index is 2610. The molecule has 1 amide bonds. The van der Waals surface area contributed by atoms with Gasteiger partial charge in [-0.1, -0.05) is 146 Å². The van der Waals surface area contributed by atoms with Gasteiger partial charge in [0.25, 0.3) is 0 Å². The zero-order valence-electron chi connectivity index (χ0n) is 39.8. The van der Waals surface area contributed by atoms with Crippen molar-refractivity contribution in [3.8, 4) is 0 Å². The highest BCUT2D eigenvalue weighted by Gasteiger charge is 2.54. The molecule has 1 N–H and O–H groups in total. The molecule has 0 spiro atoms. The van der Waals surface area contributed by atoms with Crippen LogP contribution in [0, 0.1) is 0 Å². The number of carbonyl (C=O) groups is 4. The van der Waals surface area contributed by atoms with E-state index in [1.807, 2.05) is 91.0 Å². The molecule has 15 nitrogen and oxygen atoms in total. The molecule has 2 heterocycles. The molecule has 0 unspecified atom stereocenters. The van der Waals surface area contributed by atoms with Gasteiger partial charge in [-0.2, -0.15) is 0 Å². The van der Waals surface area contributed by atoms with Crippen LogP contribution in [-0.2, 0) is 72.0 Å². The number of amides is 1. The summed E-state index contributed by atoms with van der Waals surface area (Å²) in [7, 11) is 1.50. The van der Waals surface area contributed by atoms with Crippen molar-refractivity contribution in [2.24, 2.45) is 0 Å². The first-order valence-electron chi connectivity index (χ1n) is 23.7. The summed E-state index contributed by atoms with van der Waals surface area (Å²) in [5, 5.41) is 2.84. The van der Waals surface area contributed by atoms with Crippen molar-refractivity contribution in [3.05, 3.63) is 215 Å². The Morgan fingerprint density at radius 3 is 1.28 bits per heavy atom. The maximum atomic E-state index is 14.1. The molecule has 10 atom stereocenters. The molecule has 2 aliphatic heterocycles. The Labute approximate surface area is 418 Å². The lowest BCUT2D eigenvalue weighted by Crippen LogP contribution is -2.67. The summed E-state index contributed by atoms with van der Waals surface area (Å²) < 4.78 is 64.5. The zero-order valence-corrected chi connectivity index (χ0v) is 39.8. The normalized spacial score (nSPS) is 23.8. The molecule has 0 bridgehead atoms. The Kier molecular flexibility index (Phi) is 18.4. The van der Waals surface area contributed by atoms with Gasteiger partial charge in [-0.3, -0.25) is 4.79 Å². The van der Waals surface area contributed by atoms with E-state index in [0.29, 0.717) is 0 Å². The number of rotatable bonds is 21. The number of esters is 3. The van der Waals surface area contributed by atoms with E-state index in [9.17, 15) is 19.2 Å². The molecule has 0 radical (unpaired) electrons. The molecule has 2 fully saturated rings. The maximum absolute atomic E-state index is 14.1. The Hall–Kier alpha value is -7.08. The summed E-state index contributed by atoms with van der Waals surface area (Å²) in [5.74, 6) is -2.84. The molecule has 0 aliphatic carbocycles. The van der Waals surface area contributed by atoms with E-state index in [1.54, 1.807) is 91.0 Å². The third-order valence-electron chi connectivity index (χ3n) is 12.0. The molecule has 15 heteroatoms. The minimum Gasteiger partial charge on any atom is -0.459 e. The van der Waals surface area contributed by atoms with E-state index in [4.69, 9.17) is 47.4 Å². The van der Waals surface area contributed by atoms with E-state index in [1.165, 1.54) is 14.0 Å². The molecular weight excluding hydrogens is 923 g/mol. The molecule has 0 saturated carbocycles. The molecule has 6 aromatic rings. The standard InChI is InChI=1S/C57H57NO14/c1-38(59)58-47-50(72-55(62)44-31-19-8-20-32-44)49(71-54(61)43-29-17-7-18-30-43)46(36-67-53(60)42-27-15-6-16-28-42)69-56(47)68-37-45-48(64-33-39-21-9-3-10-22-39)51(65-34-40-23-11-4-12-24-40)52(57(63-2)70-45)66-35-41-25-13-5-14-26-41/h3-32,45-52,56-57H,33-37H2,1-2H3,(H,58,59)/t45-,46-,47+,48-,49+,50-,51+,52-,56+,57+/m1/s1. The van der Waals surface area contributed by atoms with E-state index < -0.39 is 91.8 Å². The quantitative estimate of drug-likeness (QED) is 0.0550. The monoisotopic (exact) mass is 979 g/mol. The number of hydrogen-bond donors (Lipinski definition) is 1. The second kappa shape index (κ2) is 25.9. The smallest absolute Gasteiger partial charge is 0.338 e. The number of benzene rings is 6. The highest BCUT2D eigenvalue weighted by Crippen LogP contribution is 2.34. The van der Waals surface area contributed by atoms with Crippen molar-refractivity contribution in [3.63, 3.8) is 0 Å². The predicted molar refractivity (Wildman–Crippen MR) is 261 cm³/mol. The molecule has 2 aliphatic rings. The molecule has 8 rings (SSSR count). The second-order valence-corrected chi connectivity index (χ2v) is 17.1. The lowest BCUT2D eigenvalue weighted by molar-refractivity contribution is -0.334. The number of ether oxygens (including phenoxy) is 10. The van der Waals surface area contributed by atoms with Gasteiger partial charge in [0.1, 0.15) is 43.2 Å². The molecular formula is C57H57NO14. The SMILES string of the molecule is CO[C@H]1O[C@H](CO[C@H]2O[C@H](COC(=O)c3ccccc3)[C@H](OC(=O)c3ccccc3)[C@H](OC(=O)c3ccccc3)[C@@H]2NC(C)=O)[C@@H](OCc2ccccc2)[C@H](OCc2ccccc2)[C@H]1OCc1ccccc1. The first-order valence-corrected chi connectivity index (χ1v) is 23.7. The van der Waals surface area contributed by atoms with Crippen LogP contribution in [0.15, 0.2) is 182 Å². The lowest BCUT2D eigenvalue weighted by Gasteiger charge is -2.47.